The molecule has 2 aromatic carbocycles. The van der Waals surface area contributed by atoms with Crippen LogP contribution < -0.4 is 10.6 Å². The molecule has 1 unspecified atom stereocenters. The molecule has 108 valence electrons. The molecule has 0 saturated heterocycles. The number of halogens is 1. The number of benzene rings is 2. The molecule has 2 aromatic rings. The van der Waals surface area contributed by atoms with E-state index in [0.29, 0.717) is 12.5 Å². The van der Waals surface area contributed by atoms with Crippen LogP contribution in [-0.2, 0) is 0 Å². The Morgan fingerprint density at radius 3 is 2.67 bits per heavy atom. The van der Waals surface area contributed by atoms with Crippen LogP contribution in [0.25, 0.3) is 0 Å². The fourth-order valence-corrected chi connectivity index (χ4v) is 2.83. The van der Waals surface area contributed by atoms with Crippen molar-refractivity contribution in [1.29, 1.82) is 0 Å². The molecular formula is C17H18FN3. The first-order chi connectivity index (χ1) is 10.1. The van der Waals surface area contributed by atoms with Crippen LogP contribution in [0.4, 0.5) is 10.1 Å². The lowest BCUT2D eigenvalue weighted by molar-refractivity contribution is 0.620. The van der Waals surface area contributed by atoms with Gasteiger partial charge >= 0.3 is 0 Å². The van der Waals surface area contributed by atoms with E-state index in [4.69, 9.17) is 5.73 Å². The van der Waals surface area contributed by atoms with Gasteiger partial charge in [-0.15, -0.1) is 0 Å². The number of nitrogens with zero attached hydrogens (tertiary/aromatic N) is 2. The van der Waals surface area contributed by atoms with Crippen LogP contribution in [0.3, 0.4) is 0 Å². The molecular weight excluding hydrogens is 265 g/mol. The third kappa shape index (κ3) is 2.37. The minimum absolute atomic E-state index is 0.0539. The van der Waals surface area contributed by atoms with Crippen molar-refractivity contribution in [2.24, 2.45) is 10.7 Å². The van der Waals surface area contributed by atoms with Crippen LogP contribution in [0.5, 0.6) is 0 Å². The summed E-state index contributed by atoms with van der Waals surface area (Å²) < 4.78 is 13.6. The number of hydrogen-bond donors (Lipinski definition) is 1. The SMILES string of the molecule is Cc1ccc(F)cc1C1CN=C(N)N1c1ccccc1C. The van der Waals surface area contributed by atoms with Crippen molar-refractivity contribution in [2.45, 2.75) is 19.9 Å². The van der Waals surface area contributed by atoms with Gasteiger partial charge in [0.25, 0.3) is 0 Å². The zero-order valence-electron chi connectivity index (χ0n) is 12.2. The Kier molecular flexibility index (Phi) is 3.37. The van der Waals surface area contributed by atoms with E-state index in [1.54, 1.807) is 12.1 Å². The molecule has 21 heavy (non-hydrogen) atoms. The van der Waals surface area contributed by atoms with Crippen molar-refractivity contribution in [3.63, 3.8) is 0 Å². The molecule has 3 nitrogen and oxygen atoms in total. The molecule has 1 atom stereocenters. The Bertz CT molecular complexity index is 709. The molecule has 0 bridgehead atoms. The molecule has 0 aromatic heterocycles. The van der Waals surface area contributed by atoms with Gasteiger partial charge in [-0.05, 0) is 48.7 Å². The maximum atomic E-state index is 13.6. The van der Waals surface area contributed by atoms with Crippen molar-refractivity contribution >= 4 is 11.6 Å². The van der Waals surface area contributed by atoms with Gasteiger partial charge in [0, 0.05) is 5.69 Å². The number of aliphatic imine (C=N–C) groups is 1. The average Bonchev–Trinajstić information content (AvgIpc) is 2.84. The average molecular weight is 283 g/mol. The van der Waals surface area contributed by atoms with Crippen molar-refractivity contribution in [2.75, 3.05) is 11.4 Å². The minimum Gasteiger partial charge on any atom is -0.369 e. The summed E-state index contributed by atoms with van der Waals surface area (Å²) in [6, 6.07) is 12.8. The van der Waals surface area contributed by atoms with E-state index in [-0.39, 0.29) is 11.9 Å². The van der Waals surface area contributed by atoms with Crippen LogP contribution in [-0.4, -0.2) is 12.5 Å². The monoisotopic (exact) mass is 283 g/mol. The highest BCUT2D eigenvalue weighted by molar-refractivity contribution is 5.98. The largest absolute Gasteiger partial charge is 0.369 e. The first-order valence-electron chi connectivity index (χ1n) is 6.99. The zero-order valence-corrected chi connectivity index (χ0v) is 12.2. The zero-order chi connectivity index (χ0) is 15.0. The molecule has 1 aliphatic heterocycles. The Balaban J connectivity index is 2.07. The van der Waals surface area contributed by atoms with Crippen LogP contribution in [0.2, 0.25) is 0 Å². The Hall–Kier alpha value is -2.36. The molecule has 4 heteroatoms. The molecule has 3 rings (SSSR count). The first-order valence-corrected chi connectivity index (χ1v) is 6.99. The summed E-state index contributed by atoms with van der Waals surface area (Å²) in [5.41, 5.74) is 10.2. The van der Waals surface area contributed by atoms with Gasteiger partial charge in [0.15, 0.2) is 5.96 Å². The minimum atomic E-state index is -0.231. The van der Waals surface area contributed by atoms with Crippen molar-refractivity contribution in [1.82, 2.24) is 0 Å². The maximum Gasteiger partial charge on any atom is 0.196 e. The Morgan fingerprint density at radius 1 is 1.14 bits per heavy atom. The van der Waals surface area contributed by atoms with Gasteiger partial charge in [-0.2, -0.15) is 0 Å². The van der Waals surface area contributed by atoms with Gasteiger partial charge in [-0.25, -0.2) is 4.39 Å². The highest BCUT2D eigenvalue weighted by atomic mass is 19.1. The van der Waals surface area contributed by atoms with Gasteiger partial charge in [0.1, 0.15) is 5.82 Å². The van der Waals surface area contributed by atoms with Crippen molar-refractivity contribution < 1.29 is 4.39 Å². The van der Waals surface area contributed by atoms with Crippen LogP contribution >= 0.6 is 0 Å². The summed E-state index contributed by atoms with van der Waals surface area (Å²) >= 11 is 0. The van der Waals surface area contributed by atoms with Crippen LogP contribution in [0.15, 0.2) is 47.5 Å². The smallest absolute Gasteiger partial charge is 0.196 e. The predicted molar refractivity (Wildman–Crippen MR) is 84.0 cm³/mol. The van der Waals surface area contributed by atoms with Crippen LogP contribution in [0.1, 0.15) is 22.7 Å². The summed E-state index contributed by atoms with van der Waals surface area (Å²) in [6.07, 6.45) is 0. The summed E-state index contributed by atoms with van der Waals surface area (Å²) in [6.45, 7) is 4.57. The van der Waals surface area contributed by atoms with E-state index in [0.717, 1.165) is 22.4 Å². The fourth-order valence-electron chi connectivity index (χ4n) is 2.83. The lowest BCUT2D eigenvalue weighted by Crippen LogP contribution is -2.36. The van der Waals surface area contributed by atoms with Gasteiger partial charge in [-0.1, -0.05) is 24.3 Å². The van der Waals surface area contributed by atoms with E-state index in [1.165, 1.54) is 6.07 Å². The number of rotatable bonds is 2. The highest BCUT2D eigenvalue weighted by Crippen LogP contribution is 2.34. The molecule has 1 aliphatic rings. The second-order valence-corrected chi connectivity index (χ2v) is 5.37. The Labute approximate surface area is 123 Å². The molecule has 0 radical (unpaired) electrons. The second-order valence-electron chi connectivity index (χ2n) is 5.37. The van der Waals surface area contributed by atoms with Crippen molar-refractivity contribution in [3.05, 3.63) is 65.0 Å². The molecule has 0 amide bonds. The van der Waals surface area contributed by atoms with Crippen molar-refractivity contribution in [3.8, 4) is 0 Å². The van der Waals surface area contributed by atoms with Gasteiger partial charge in [0.05, 0.1) is 12.6 Å². The highest BCUT2D eigenvalue weighted by Gasteiger charge is 2.30. The number of hydrogen-bond acceptors (Lipinski definition) is 3. The molecule has 0 spiro atoms. The summed E-state index contributed by atoms with van der Waals surface area (Å²) in [7, 11) is 0. The standard InChI is InChI=1S/C17H18FN3/c1-11-7-8-13(18)9-14(11)16-10-20-17(19)21(16)15-6-4-3-5-12(15)2/h3-9,16H,10H2,1-2H3,(H2,19,20). The number of anilines is 1. The number of aryl methyl sites for hydroxylation is 2. The number of guanidine groups is 1. The molecule has 0 fully saturated rings. The molecule has 1 heterocycles. The van der Waals surface area contributed by atoms with E-state index in [1.807, 2.05) is 43.0 Å². The van der Waals surface area contributed by atoms with E-state index in [2.05, 4.69) is 4.99 Å². The van der Waals surface area contributed by atoms with E-state index >= 15 is 0 Å². The predicted octanol–water partition coefficient (Wildman–Crippen LogP) is 3.32. The lowest BCUT2D eigenvalue weighted by atomic mass is 9.99. The van der Waals surface area contributed by atoms with Gasteiger partial charge in [-0.3, -0.25) is 4.99 Å². The second kappa shape index (κ2) is 5.20. The Morgan fingerprint density at radius 2 is 1.90 bits per heavy atom. The van der Waals surface area contributed by atoms with Gasteiger partial charge in [0.2, 0.25) is 0 Å². The first kappa shape index (κ1) is 13.6. The summed E-state index contributed by atoms with van der Waals surface area (Å²) in [5, 5.41) is 0. The molecule has 0 aliphatic carbocycles. The summed E-state index contributed by atoms with van der Waals surface area (Å²) in [4.78, 5) is 6.36. The molecule has 2 N–H and O–H groups in total. The van der Waals surface area contributed by atoms with E-state index < -0.39 is 0 Å². The molecule has 0 saturated carbocycles. The third-order valence-electron chi connectivity index (χ3n) is 3.96. The lowest BCUT2D eigenvalue weighted by Gasteiger charge is -2.29. The summed E-state index contributed by atoms with van der Waals surface area (Å²) in [5.74, 6) is 0.253. The quantitative estimate of drug-likeness (QED) is 0.918. The third-order valence-corrected chi connectivity index (χ3v) is 3.96. The van der Waals surface area contributed by atoms with Crippen LogP contribution in [0, 0.1) is 19.7 Å². The normalized spacial score (nSPS) is 18.0. The van der Waals surface area contributed by atoms with E-state index in [9.17, 15) is 4.39 Å². The topological polar surface area (TPSA) is 41.6 Å². The fraction of sp³-hybridized carbons (Fsp3) is 0.235. The van der Waals surface area contributed by atoms with Gasteiger partial charge < -0.3 is 10.6 Å². The number of para-hydroxylation sites is 1. The maximum absolute atomic E-state index is 13.6. The number of nitrogens with two attached hydrogens (primary N) is 1.